The number of carbonyl (C=O) groups excluding carboxylic acids is 3. The predicted octanol–water partition coefficient (Wildman–Crippen LogP) is 2.63. The fourth-order valence-electron chi connectivity index (χ4n) is 2.98. The van der Waals surface area contributed by atoms with Crippen LogP contribution in [-0.2, 0) is 11.3 Å². The summed E-state index contributed by atoms with van der Waals surface area (Å²) in [7, 11) is 0. The van der Waals surface area contributed by atoms with Crippen molar-refractivity contribution in [3.63, 3.8) is 0 Å². The van der Waals surface area contributed by atoms with Crippen molar-refractivity contribution in [3.05, 3.63) is 94.3 Å². The molecule has 0 spiro atoms. The largest absolute Gasteiger partial charge is 0.508 e. The summed E-state index contributed by atoms with van der Waals surface area (Å²) in [5.74, 6) is -3.44. The number of aromatic hydroxyl groups is 1. The van der Waals surface area contributed by atoms with Crippen LogP contribution in [0.1, 0.15) is 43.6 Å². The topological polar surface area (TPSA) is 149 Å². The maximum atomic E-state index is 13.2. The smallest absolute Gasteiger partial charge is 0.322 e. The number of amides is 3. The first-order valence-electron chi connectivity index (χ1n) is 10.3. The average Bonchev–Trinajstić information content (AvgIpc) is 2.85. The summed E-state index contributed by atoms with van der Waals surface area (Å²) in [4.78, 5) is 53.8. The zero-order chi connectivity index (χ0) is 25.5. The van der Waals surface area contributed by atoms with E-state index in [4.69, 9.17) is 11.6 Å². The van der Waals surface area contributed by atoms with Crippen molar-refractivity contribution >= 4 is 35.3 Å². The van der Waals surface area contributed by atoms with E-state index in [1.54, 1.807) is 12.1 Å². The van der Waals surface area contributed by atoms with Gasteiger partial charge in [-0.25, -0.2) is 10.4 Å². The van der Waals surface area contributed by atoms with Gasteiger partial charge < -0.3 is 15.5 Å². The number of phenolic OH excluding ortho intramolecular Hbond substituents is 1. The Bertz CT molecular complexity index is 1270. The molecule has 1 aromatic heterocycles. The second-order valence-electron chi connectivity index (χ2n) is 7.42. The Balaban J connectivity index is 1.81. The summed E-state index contributed by atoms with van der Waals surface area (Å²) in [6, 6.07) is 11.9. The molecule has 0 bridgehead atoms. The van der Waals surface area contributed by atoms with Crippen LogP contribution in [0.15, 0.2) is 67.0 Å². The van der Waals surface area contributed by atoms with Gasteiger partial charge in [0.05, 0.1) is 16.1 Å². The van der Waals surface area contributed by atoms with Gasteiger partial charge in [-0.2, -0.15) is 0 Å². The number of hydrogen-bond donors (Lipinski definition) is 4. The van der Waals surface area contributed by atoms with Gasteiger partial charge in [-0.15, -0.1) is 0 Å². The lowest BCUT2D eigenvalue weighted by Crippen LogP contribution is -2.53. The van der Waals surface area contributed by atoms with Crippen molar-refractivity contribution in [1.82, 2.24) is 20.7 Å². The van der Waals surface area contributed by atoms with Crippen LogP contribution in [0.25, 0.3) is 0 Å². The van der Waals surface area contributed by atoms with Crippen LogP contribution in [0, 0.1) is 0 Å². The standard InChI is InChI=1S/C24H21ClN4O6/c1-14(24(34)35)28-29(22(32)17-5-3-9-26-13-17)23(33)19-8-7-16(11-20(19)25)21(31)27-12-15-4-2-6-18(30)10-15/h2-11,13-14,28,30H,12H2,1H3,(H,27,31)(H,34,35)/t14-/m0/s1. The SMILES string of the molecule is C[C@H](NN(C(=O)c1cccnc1)C(=O)c1ccc(C(=O)NCc2cccc(O)c2)cc1Cl)C(=O)O. The molecule has 3 rings (SSSR count). The number of phenols is 1. The minimum atomic E-state index is -1.29. The first kappa shape index (κ1) is 25.3. The summed E-state index contributed by atoms with van der Waals surface area (Å²) >= 11 is 6.27. The fraction of sp³-hybridized carbons (Fsp3) is 0.125. The number of halogens is 1. The molecule has 0 aliphatic rings. The number of nitrogens with one attached hydrogen (secondary N) is 2. The van der Waals surface area contributed by atoms with Crippen LogP contribution in [0.4, 0.5) is 0 Å². The van der Waals surface area contributed by atoms with Crippen LogP contribution in [0.5, 0.6) is 5.75 Å². The minimum Gasteiger partial charge on any atom is -0.508 e. The number of rotatable bonds is 8. The third-order valence-electron chi connectivity index (χ3n) is 4.83. The fourth-order valence-corrected chi connectivity index (χ4v) is 3.24. The summed E-state index contributed by atoms with van der Waals surface area (Å²) in [6.07, 6.45) is 2.68. The Hall–Kier alpha value is -4.28. The molecular weight excluding hydrogens is 476 g/mol. The quantitative estimate of drug-likeness (QED) is 0.274. The van der Waals surface area contributed by atoms with Gasteiger partial charge in [-0.05, 0) is 55.0 Å². The van der Waals surface area contributed by atoms with Crippen molar-refractivity contribution in [3.8, 4) is 5.75 Å². The van der Waals surface area contributed by atoms with Crippen LogP contribution in [0.3, 0.4) is 0 Å². The Morgan fingerprint density at radius 3 is 2.43 bits per heavy atom. The highest BCUT2D eigenvalue weighted by molar-refractivity contribution is 6.34. The Morgan fingerprint density at radius 2 is 1.80 bits per heavy atom. The lowest BCUT2D eigenvalue weighted by molar-refractivity contribution is -0.139. The van der Waals surface area contributed by atoms with Gasteiger partial charge in [0.1, 0.15) is 11.8 Å². The first-order valence-corrected chi connectivity index (χ1v) is 10.7. The highest BCUT2D eigenvalue weighted by atomic mass is 35.5. The monoisotopic (exact) mass is 496 g/mol. The number of hydrazine groups is 1. The molecule has 0 fully saturated rings. The zero-order valence-corrected chi connectivity index (χ0v) is 19.2. The van der Waals surface area contributed by atoms with E-state index in [2.05, 4.69) is 15.7 Å². The molecule has 1 atom stereocenters. The van der Waals surface area contributed by atoms with Crippen molar-refractivity contribution < 1.29 is 29.4 Å². The van der Waals surface area contributed by atoms with E-state index in [-0.39, 0.29) is 34.0 Å². The van der Waals surface area contributed by atoms with E-state index in [0.29, 0.717) is 10.6 Å². The number of hydrogen-bond acceptors (Lipinski definition) is 7. The van der Waals surface area contributed by atoms with Crippen molar-refractivity contribution in [1.29, 1.82) is 0 Å². The molecule has 1 heterocycles. The molecule has 35 heavy (non-hydrogen) atoms. The number of carboxylic acid groups (broad SMARTS) is 1. The van der Waals surface area contributed by atoms with Crippen LogP contribution >= 0.6 is 11.6 Å². The Morgan fingerprint density at radius 1 is 1.03 bits per heavy atom. The maximum Gasteiger partial charge on any atom is 0.322 e. The lowest BCUT2D eigenvalue weighted by atomic mass is 10.1. The van der Waals surface area contributed by atoms with Crippen molar-refractivity contribution in [2.24, 2.45) is 0 Å². The Labute approximate surface area is 205 Å². The summed E-state index contributed by atoms with van der Waals surface area (Å²) < 4.78 is 0. The molecule has 0 aliphatic carbocycles. The van der Waals surface area contributed by atoms with E-state index in [1.165, 1.54) is 61.8 Å². The number of nitrogens with zero attached hydrogens (tertiary/aromatic N) is 2. The number of benzene rings is 2. The number of pyridine rings is 1. The molecule has 4 N–H and O–H groups in total. The number of imide groups is 1. The van der Waals surface area contributed by atoms with E-state index in [0.717, 1.165) is 0 Å². The third kappa shape index (κ3) is 6.40. The van der Waals surface area contributed by atoms with E-state index >= 15 is 0 Å². The molecule has 0 saturated heterocycles. The molecular formula is C24H21ClN4O6. The molecule has 0 radical (unpaired) electrons. The van der Waals surface area contributed by atoms with Gasteiger partial charge in [0.25, 0.3) is 17.7 Å². The molecule has 0 aliphatic heterocycles. The third-order valence-corrected chi connectivity index (χ3v) is 5.15. The normalized spacial score (nSPS) is 11.4. The predicted molar refractivity (Wildman–Crippen MR) is 126 cm³/mol. The lowest BCUT2D eigenvalue weighted by Gasteiger charge is -2.24. The van der Waals surface area contributed by atoms with Gasteiger partial charge in [0.15, 0.2) is 0 Å². The van der Waals surface area contributed by atoms with Gasteiger partial charge >= 0.3 is 5.97 Å². The summed E-state index contributed by atoms with van der Waals surface area (Å²) in [5, 5.41) is 21.9. The number of aromatic nitrogens is 1. The number of carbonyl (C=O) groups is 4. The van der Waals surface area contributed by atoms with Crippen LogP contribution < -0.4 is 10.7 Å². The van der Waals surface area contributed by atoms with Gasteiger partial charge in [0, 0.05) is 24.5 Å². The second kappa shape index (κ2) is 11.2. The average molecular weight is 497 g/mol. The van der Waals surface area contributed by atoms with E-state index in [1.807, 2.05) is 0 Å². The zero-order valence-electron chi connectivity index (χ0n) is 18.4. The van der Waals surface area contributed by atoms with E-state index in [9.17, 15) is 29.4 Å². The molecule has 2 aromatic carbocycles. The van der Waals surface area contributed by atoms with Gasteiger partial charge in [-0.3, -0.25) is 24.2 Å². The summed E-state index contributed by atoms with van der Waals surface area (Å²) in [5.41, 5.74) is 3.13. The van der Waals surface area contributed by atoms with Gasteiger partial charge in [0.2, 0.25) is 0 Å². The number of carboxylic acids is 1. The second-order valence-corrected chi connectivity index (χ2v) is 7.83. The molecule has 11 heteroatoms. The molecule has 3 amide bonds. The minimum absolute atomic E-state index is 0.0463. The van der Waals surface area contributed by atoms with Crippen molar-refractivity contribution in [2.45, 2.75) is 19.5 Å². The molecule has 0 unspecified atom stereocenters. The highest BCUT2D eigenvalue weighted by Gasteiger charge is 2.29. The van der Waals surface area contributed by atoms with Gasteiger partial charge in [-0.1, -0.05) is 23.7 Å². The van der Waals surface area contributed by atoms with Crippen LogP contribution in [0.2, 0.25) is 5.02 Å². The summed E-state index contributed by atoms with van der Waals surface area (Å²) in [6.45, 7) is 1.41. The molecule has 3 aromatic rings. The highest BCUT2D eigenvalue weighted by Crippen LogP contribution is 2.21. The Kier molecular flexibility index (Phi) is 8.13. The van der Waals surface area contributed by atoms with Crippen molar-refractivity contribution in [2.75, 3.05) is 0 Å². The van der Waals surface area contributed by atoms with Crippen LogP contribution in [-0.4, -0.2) is 49.9 Å². The number of aliphatic carboxylic acids is 1. The first-order chi connectivity index (χ1) is 16.7. The maximum absolute atomic E-state index is 13.2. The molecule has 0 saturated carbocycles. The molecule has 10 nitrogen and oxygen atoms in total. The van der Waals surface area contributed by atoms with E-state index < -0.39 is 29.7 Å². The molecule has 180 valence electrons.